The van der Waals surface area contributed by atoms with Crippen LogP contribution in [-0.4, -0.2) is 22.0 Å². The fraction of sp³-hybridized carbons (Fsp3) is 0.294. The maximum Gasteiger partial charge on any atom is 0.416 e. The number of aromatic nitrogens is 1. The molecule has 0 unspecified atom stereocenters. The van der Waals surface area contributed by atoms with Crippen LogP contribution in [0.3, 0.4) is 0 Å². The van der Waals surface area contributed by atoms with Crippen molar-refractivity contribution >= 4 is 17.5 Å². The zero-order valence-electron chi connectivity index (χ0n) is 13.2. The molecule has 0 spiro atoms. The molecule has 3 rings (SSSR count). The molecular formula is C17H16F3N3O. The summed E-state index contributed by atoms with van der Waals surface area (Å²) in [7, 11) is 0. The molecule has 1 aliphatic heterocycles. The molecule has 0 saturated carbocycles. The number of hydrogen-bond donors (Lipinski definition) is 0. The van der Waals surface area contributed by atoms with Crippen LogP contribution in [0.15, 0.2) is 42.6 Å². The van der Waals surface area contributed by atoms with Crippen LogP contribution in [0.4, 0.5) is 29.5 Å². The minimum atomic E-state index is -4.47. The third-order valence-electron chi connectivity index (χ3n) is 3.91. The number of nitrogens with zero attached hydrogens (tertiary/aromatic N) is 3. The molecule has 0 N–H and O–H groups in total. The van der Waals surface area contributed by atoms with Crippen LogP contribution in [0.2, 0.25) is 0 Å². The summed E-state index contributed by atoms with van der Waals surface area (Å²) in [6.07, 6.45) is -2.95. The first-order chi connectivity index (χ1) is 11.3. The predicted octanol–water partition coefficient (Wildman–Crippen LogP) is 4.58. The highest BCUT2D eigenvalue weighted by atomic mass is 19.4. The molecule has 0 radical (unpaired) electrons. The summed E-state index contributed by atoms with van der Waals surface area (Å²) in [6, 6.07) is 7.84. The van der Waals surface area contributed by atoms with Crippen LogP contribution in [0.1, 0.15) is 25.0 Å². The van der Waals surface area contributed by atoms with Gasteiger partial charge < -0.3 is 4.90 Å². The van der Waals surface area contributed by atoms with E-state index in [1.54, 1.807) is 11.0 Å². The topological polar surface area (TPSA) is 36.4 Å². The number of benzene rings is 1. The number of anilines is 2. The Hall–Kier alpha value is -2.57. The Labute approximate surface area is 137 Å². The summed E-state index contributed by atoms with van der Waals surface area (Å²) >= 11 is 0. The van der Waals surface area contributed by atoms with Gasteiger partial charge in [-0.25, -0.2) is 14.7 Å². The second-order valence-corrected chi connectivity index (χ2v) is 5.87. The van der Waals surface area contributed by atoms with Crippen molar-refractivity contribution in [3.05, 3.63) is 53.7 Å². The van der Waals surface area contributed by atoms with Gasteiger partial charge in [-0.1, -0.05) is 12.1 Å². The average Bonchev–Trinajstić information content (AvgIpc) is 2.53. The van der Waals surface area contributed by atoms with E-state index in [9.17, 15) is 18.0 Å². The van der Waals surface area contributed by atoms with Crippen LogP contribution in [0, 0.1) is 0 Å². The Morgan fingerprint density at radius 2 is 1.92 bits per heavy atom. The van der Waals surface area contributed by atoms with E-state index >= 15 is 0 Å². The van der Waals surface area contributed by atoms with Crippen LogP contribution < -0.4 is 4.90 Å². The third-order valence-corrected chi connectivity index (χ3v) is 3.91. The van der Waals surface area contributed by atoms with Gasteiger partial charge in [0.15, 0.2) is 0 Å². The maximum atomic E-state index is 13.0. The highest BCUT2D eigenvalue weighted by Crippen LogP contribution is 2.37. The van der Waals surface area contributed by atoms with Gasteiger partial charge in [-0.05, 0) is 38.1 Å². The highest BCUT2D eigenvalue weighted by Gasteiger charge is 2.36. The summed E-state index contributed by atoms with van der Waals surface area (Å²) < 4.78 is 39.0. The molecule has 7 heteroatoms. The lowest BCUT2D eigenvalue weighted by molar-refractivity contribution is -0.137. The zero-order chi connectivity index (χ0) is 17.5. The van der Waals surface area contributed by atoms with Gasteiger partial charge in [-0.3, -0.25) is 0 Å². The van der Waals surface area contributed by atoms with Crippen molar-refractivity contribution in [2.24, 2.45) is 0 Å². The lowest BCUT2D eigenvalue weighted by atomic mass is 10.1. The normalized spacial score (nSPS) is 15.0. The molecule has 0 atom stereocenters. The second kappa shape index (κ2) is 5.81. The Bertz CT molecular complexity index is 774. The van der Waals surface area contributed by atoms with Crippen molar-refractivity contribution in [1.29, 1.82) is 0 Å². The minimum Gasteiger partial charge on any atom is -0.317 e. The first-order valence-corrected chi connectivity index (χ1v) is 7.51. The molecule has 0 bridgehead atoms. The summed E-state index contributed by atoms with van der Waals surface area (Å²) in [6.45, 7) is 4.11. The quantitative estimate of drug-likeness (QED) is 0.805. The van der Waals surface area contributed by atoms with E-state index in [0.717, 1.165) is 17.7 Å². The van der Waals surface area contributed by atoms with Crippen LogP contribution in [0.25, 0.3) is 0 Å². The first-order valence-electron chi connectivity index (χ1n) is 7.51. The third kappa shape index (κ3) is 2.81. The number of hydrogen-bond acceptors (Lipinski definition) is 2. The van der Waals surface area contributed by atoms with Crippen molar-refractivity contribution in [3.63, 3.8) is 0 Å². The predicted molar refractivity (Wildman–Crippen MR) is 83.9 cm³/mol. The Balaban J connectivity index is 2.13. The summed E-state index contributed by atoms with van der Waals surface area (Å²) in [4.78, 5) is 19.9. The Morgan fingerprint density at radius 1 is 1.17 bits per heavy atom. The molecule has 1 aliphatic rings. The molecule has 1 aromatic carbocycles. The summed E-state index contributed by atoms with van der Waals surface area (Å²) in [5, 5.41) is 0. The fourth-order valence-corrected chi connectivity index (χ4v) is 2.68. The molecule has 126 valence electrons. The molecule has 0 aliphatic carbocycles. The smallest absolute Gasteiger partial charge is 0.317 e. The van der Waals surface area contributed by atoms with Crippen molar-refractivity contribution < 1.29 is 18.0 Å². The molecule has 2 aromatic rings. The van der Waals surface area contributed by atoms with Gasteiger partial charge in [-0.15, -0.1) is 0 Å². The number of carbonyl (C=O) groups is 1. The van der Waals surface area contributed by atoms with Gasteiger partial charge >= 0.3 is 12.2 Å². The van der Waals surface area contributed by atoms with Gasteiger partial charge in [0, 0.05) is 17.8 Å². The Morgan fingerprint density at radius 3 is 2.58 bits per heavy atom. The molecule has 0 saturated heterocycles. The molecule has 24 heavy (non-hydrogen) atoms. The molecule has 2 amide bonds. The zero-order valence-corrected chi connectivity index (χ0v) is 13.2. The Kier molecular flexibility index (Phi) is 3.95. The van der Waals surface area contributed by atoms with Gasteiger partial charge in [0.25, 0.3) is 0 Å². The monoisotopic (exact) mass is 335 g/mol. The maximum absolute atomic E-state index is 13.0. The van der Waals surface area contributed by atoms with E-state index in [0.29, 0.717) is 12.4 Å². The number of rotatable bonds is 2. The summed E-state index contributed by atoms with van der Waals surface area (Å²) in [5.74, 6) is 0.374. The highest BCUT2D eigenvalue weighted by molar-refractivity contribution is 6.00. The average molecular weight is 335 g/mol. The van der Waals surface area contributed by atoms with E-state index in [4.69, 9.17) is 0 Å². The van der Waals surface area contributed by atoms with E-state index in [1.807, 2.05) is 19.9 Å². The summed E-state index contributed by atoms with van der Waals surface area (Å²) in [5.41, 5.74) is 0.148. The van der Waals surface area contributed by atoms with Crippen molar-refractivity contribution in [3.8, 4) is 0 Å². The lowest BCUT2D eigenvalue weighted by Gasteiger charge is -2.38. The number of fused-ring (bicyclic) bond motifs is 1. The van der Waals surface area contributed by atoms with E-state index in [2.05, 4.69) is 4.98 Å². The van der Waals surface area contributed by atoms with E-state index in [1.165, 1.54) is 23.2 Å². The molecule has 2 heterocycles. The standard InChI is InChI=1S/C17H16F3N3O/c1-11(2)22-10-12-5-4-8-21-15(12)23(16(22)24)14-7-3-6-13(9-14)17(18,19)20/h3-9,11H,10H2,1-2H3. The molecular weight excluding hydrogens is 319 g/mol. The van der Waals surface area contributed by atoms with Crippen molar-refractivity contribution in [2.45, 2.75) is 32.6 Å². The number of pyridine rings is 1. The van der Waals surface area contributed by atoms with Crippen LogP contribution in [-0.2, 0) is 12.7 Å². The van der Waals surface area contributed by atoms with Crippen LogP contribution in [0.5, 0.6) is 0 Å². The van der Waals surface area contributed by atoms with Crippen LogP contribution >= 0.6 is 0 Å². The van der Waals surface area contributed by atoms with Crippen molar-refractivity contribution in [2.75, 3.05) is 4.90 Å². The second-order valence-electron chi connectivity index (χ2n) is 5.87. The number of amides is 2. The number of halogens is 3. The molecule has 0 fully saturated rings. The van der Waals surface area contributed by atoms with Crippen molar-refractivity contribution in [1.82, 2.24) is 9.88 Å². The number of carbonyl (C=O) groups excluding carboxylic acids is 1. The van der Waals surface area contributed by atoms with Gasteiger partial charge in [0.1, 0.15) is 5.82 Å². The first kappa shape index (κ1) is 16.3. The van der Waals surface area contributed by atoms with E-state index in [-0.39, 0.29) is 17.8 Å². The van der Waals surface area contributed by atoms with Gasteiger partial charge in [-0.2, -0.15) is 13.2 Å². The molecule has 1 aromatic heterocycles. The number of urea groups is 1. The number of alkyl halides is 3. The largest absolute Gasteiger partial charge is 0.416 e. The minimum absolute atomic E-state index is 0.0841. The SMILES string of the molecule is CC(C)N1Cc2cccnc2N(c2cccc(C(F)(F)F)c2)C1=O. The van der Waals surface area contributed by atoms with E-state index < -0.39 is 11.7 Å². The molecule has 4 nitrogen and oxygen atoms in total. The fourth-order valence-electron chi connectivity index (χ4n) is 2.68. The van der Waals surface area contributed by atoms with Gasteiger partial charge in [0.2, 0.25) is 0 Å². The van der Waals surface area contributed by atoms with Gasteiger partial charge in [0.05, 0.1) is 17.8 Å². The lowest BCUT2D eigenvalue weighted by Crippen LogP contribution is -2.48.